The molecule has 1 aliphatic heterocycles. The van der Waals surface area contributed by atoms with Crippen LogP contribution in [0.2, 0.25) is 5.02 Å². The third kappa shape index (κ3) is 7.72. The molecule has 1 unspecified atom stereocenters. The average molecular weight is 701 g/mol. The van der Waals surface area contributed by atoms with Gasteiger partial charge in [-0.1, -0.05) is 66.2 Å². The van der Waals surface area contributed by atoms with Gasteiger partial charge in [0.2, 0.25) is 0 Å². The summed E-state index contributed by atoms with van der Waals surface area (Å²) in [5.41, 5.74) is 5.14. The maximum absolute atomic E-state index is 15.0. The molecule has 9 nitrogen and oxygen atoms in total. The Morgan fingerprint density at radius 1 is 0.878 bits per heavy atom. The normalized spacial score (nSPS) is 14.4. The Labute approximate surface area is 293 Å². The van der Waals surface area contributed by atoms with Gasteiger partial charge >= 0.3 is 10.1 Å². The van der Waals surface area contributed by atoms with E-state index in [-0.39, 0.29) is 17.4 Å². The van der Waals surface area contributed by atoms with E-state index in [4.69, 9.17) is 15.8 Å². The Morgan fingerprint density at radius 3 is 2.12 bits per heavy atom. The first-order valence-electron chi connectivity index (χ1n) is 16.3. The number of fused-ring (bicyclic) bond motifs is 1. The fourth-order valence-corrected chi connectivity index (χ4v) is 7.44. The predicted molar refractivity (Wildman–Crippen MR) is 196 cm³/mol. The molecule has 0 radical (unpaired) electrons. The highest BCUT2D eigenvalue weighted by Crippen LogP contribution is 2.42. The highest BCUT2D eigenvalue weighted by molar-refractivity contribution is 7.86. The minimum atomic E-state index is -3.71. The Kier molecular flexibility index (Phi) is 10.2. The van der Waals surface area contributed by atoms with E-state index < -0.39 is 16.0 Å². The lowest BCUT2D eigenvalue weighted by Crippen LogP contribution is -2.49. The Hall–Kier alpha value is -4.51. The summed E-state index contributed by atoms with van der Waals surface area (Å²) in [4.78, 5) is 21.3. The van der Waals surface area contributed by atoms with Crippen LogP contribution in [0.5, 0.6) is 11.5 Å². The van der Waals surface area contributed by atoms with E-state index in [9.17, 15) is 18.3 Å². The van der Waals surface area contributed by atoms with Crippen LogP contribution in [0.1, 0.15) is 39.5 Å². The standard InChI is InChI=1S/C38H41ClN4O5S/c1-40(2)21-8-22-43-33-11-6-4-9-31(33)36(37(43)38(45)42-25-23-41(24-26-42)34-12-7-5-10-32(34)39)35(27-13-17-29(44)18-14-27)28-15-19-30(20-16-28)48-49(3,46)47/h4-7,9-20,35,44H,8,21-26H2,1-3H3. The smallest absolute Gasteiger partial charge is 0.306 e. The van der Waals surface area contributed by atoms with E-state index in [1.165, 1.54) is 0 Å². The summed E-state index contributed by atoms with van der Waals surface area (Å²) in [7, 11) is 0.377. The maximum Gasteiger partial charge on any atom is 0.306 e. The lowest BCUT2D eigenvalue weighted by molar-refractivity contribution is 0.0734. The molecule has 1 aliphatic rings. The van der Waals surface area contributed by atoms with E-state index in [0.29, 0.717) is 43.4 Å². The van der Waals surface area contributed by atoms with Gasteiger partial charge in [-0.3, -0.25) is 4.79 Å². The van der Waals surface area contributed by atoms with Crippen molar-refractivity contribution in [2.45, 2.75) is 18.9 Å². The SMILES string of the molecule is CN(C)CCCn1c(C(=O)N2CCN(c3ccccc3Cl)CC2)c(C(c2ccc(O)cc2)c2ccc(OS(C)(=O)=O)cc2)c2ccccc21. The number of para-hydroxylation sites is 2. The summed E-state index contributed by atoms with van der Waals surface area (Å²) >= 11 is 6.53. The second-order valence-electron chi connectivity index (χ2n) is 12.7. The van der Waals surface area contributed by atoms with Crippen LogP contribution in [0.25, 0.3) is 10.9 Å². The minimum absolute atomic E-state index is 0.0457. The van der Waals surface area contributed by atoms with Crippen molar-refractivity contribution in [1.82, 2.24) is 14.4 Å². The molecular weight excluding hydrogens is 660 g/mol. The lowest BCUT2D eigenvalue weighted by atomic mass is 9.83. The summed E-state index contributed by atoms with van der Waals surface area (Å²) in [6.45, 7) is 3.86. The summed E-state index contributed by atoms with van der Waals surface area (Å²) < 4.78 is 31.0. The highest BCUT2D eigenvalue weighted by Gasteiger charge is 2.33. The van der Waals surface area contributed by atoms with Crippen LogP contribution in [0.15, 0.2) is 97.1 Å². The van der Waals surface area contributed by atoms with E-state index in [2.05, 4.69) is 26.5 Å². The van der Waals surface area contributed by atoms with Gasteiger partial charge in [0.1, 0.15) is 17.2 Å². The molecule has 6 rings (SSSR count). The number of benzene rings is 4. The first-order valence-corrected chi connectivity index (χ1v) is 18.5. The molecule has 256 valence electrons. The number of amides is 1. The van der Waals surface area contributed by atoms with Crippen LogP contribution >= 0.6 is 11.6 Å². The zero-order valence-corrected chi connectivity index (χ0v) is 29.5. The van der Waals surface area contributed by atoms with Gasteiger partial charge in [0.05, 0.1) is 17.0 Å². The van der Waals surface area contributed by atoms with Crippen molar-refractivity contribution in [2.24, 2.45) is 0 Å². The molecule has 0 saturated carbocycles. The van der Waals surface area contributed by atoms with Gasteiger partial charge in [-0.2, -0.15) is 8.42 Å². The third-order valence-corrected chi connectivity index (χ3v) is 9.75. The lowest BCUT2D eigenvalue weighted by Gasteiger charge is -2.37. The van der Waals surface area contributed by atoms with Crippen molar-refractivity contribution >= 4 is 44.2 Å². The number of aromatic hydroxyl groups is 1. The van der Waals surface area contributed by atoms with Crippen molar-refractivity contribution in [3.63, 3.8) is 0 Å². The quantitative estimate of drug-likeness (QED) is 0.159. The maximum atomic E-state index is 15.0. The zero-order valence-electron chi connectivity index (χ0n) is 27.9. The number of rotatable bonds is 11. The average Bonchev–Trinajstić information content (AvgIpc) is 3.39. The zero-order chi connectivity index (χ0) is 34.7. The number of anilines is 1. The molecule has 0 bridgehead atoms. The van der Waals surface area contributed by atoms with Crippen molar-refractivity contribution in [2.75, 3.05) is 58.0 Å². The number of hydrogen-bond acceptors (Lipinski definition) is 7. The number of carbonyl (C=O) groups is 1. The van der Waals surface area contributed by atoms with E-state index in [0.717, 1.165) is 52.5 Å². The number of nitrogens with zero attached hydrogens (tertiary/aromatic N) is 4. The summed E-state index contributed by atoms with van der Waals surface area (Å²) in [5.74, 6) is -0.125. The minimum Gasteiger partial charge on any atom is -0.508 e. The van der Waals surface area contributed by atoms with Crippen molar-refractivity contribution in [3.8, 4) is 11.5 Å². The molecule has 4 aromatic carbocycles. The molecule has 1 saturated heterocycles. The first kappa shape index (κ1) is 34.4. The number of aryl methyl sites for hydroxylation is 1. The fourth-order valence-electron chi connectivity index (χ4n) is 6.72. The Bertz CT molecular complexity index is 2040. The molecule has 1 fully saturated rings. The second kappa shape index (κ2) is 14.5. The predicted octanol–water partition coefficient (Wildman–Crippen LogP) is 6.43. The number of aromatic nitrogens is 1. The van der Waals surface area contributed by atoms with Gasteiger partial charge in [-0.25, -0.2) is 0 Å². The van der Waals surface area contributed by atoms with Crippen LogP contribution in [0.3, 0.4) is 0 Å². The molecule has 5 aromatic rings. The number of phenols is 1. The van der Waals surface area contributed by atoms with Gasteiger partial charge in [-0.05, 0) is 80.7 Å². The van der Waals surface area contributed by atoms with Crippen LogP contribution in [0, 0.1) is 0 Å². The van der Waals surface area contributed by atoms with E-state index in [1.807, 2.05) is 79.7 Å². The van der Waals surface area contributed by atoms with E-state index >= 15 is 0 Å². The molecule has 11 heteroatoms. The van der Waals surface area contributed by atoms with Crippen molar-refractivity contribution < 1.29 is 22.5 Å². The Morgan fingerprint density at radius 2 is 1.49 bits per heavy atom. The van der Waals surface area contributed by atoms with Crippen LogP contribution in [-0.2, 0) is 16.7 Å². The number of phenolic OH excluding ortho intramolecular Hbond substituents is 1. The molecule has 1 N–H and O–H groups in total. The summed E-state index contributed by atoms with van der Waals surface area (Å²) in [5, 5.41) is 11.9. The molecule has 2 heterocycles. The summed E-state index contributed by atoms with van der Waals surface area (Å²) in [6, 6.07) is 29.9. The van der Waals surface area contributed by atoms with Crippen LogP contribution < -0.4 is 9.08 Å². The number of halogens is 1. The molecular formula is C38H41ClN4O5S. The van der Waals surface area contributed by atoms with Gasteiger partial charge in [0, 0.05) is 55.1 Å². The first-order chi connectivity index (χ1) is 23.5. The third-order valence-electron chi connectivity index (χ3n) is 8.94. The van der Waals surface area contributed by atoms with Crippen molar-refractivity contribution in [1.29, 1.82) is 0 Å². The monoisotopic (exact) mass is 700 g/mol. The van der Waals surface area contributed by atoms with Gasteiger partial charge in [-0.15, -0.1) is 0 Å². The van der Waals surface area contributed by atoms with Gasteiger partial charge in [0.25, 0.3) is 5.91 Å². The van der Waals surface area contributed by atoms with Crippen LogP contribution in [0.4, 0.5) is 5.69 Å². The molecule has 1 aromatic heterocycles. The molecule has 0 aliphatic carbocycles. The molecule has 1 amide bonds. The van der Waals surface area contributed by atoms with Crippen molar-refractivity contribution in [3.05, 3.63) is 124 Å². The fraction of sp³-hybridized carbons (Fsp3) is 0.289. The Balaban J connectivity index is 1.49. The number of hydrogen-bond donors (Lipinski definition) is 1. The number of carbonyl (C=O) groups excluding carboxylic acids is 1. The van der Waals surface area contributed by atoms with Gasteiger partial charge in [0.15, 0.2) is 0 Å². The number of piperazine rings is 1. The highest BCUT2D eigenvalue weighted by atomic mass is 35.5. The largest absolute Gasteiger partial charge is 0.508 e. The second-order valence-corrected chi connectivity index (χ2v) is 14.7. The molecule has 49 heavy (non-hydrogen) atoms. The summed E-state index contributed by atoms with van der Waals surface area (Å²) in [6.07, 6.45) is 1.85. The van der Waals surface area contributed by atoms with Crippen LogP contribution in [-0.4, -0.2) is 86.9 Å². The molecule has 0 spiro atoms. The topological polar surface area (TPSA) is 95.3 Å². The van der Waals surface area contributed by atoms with E-state index in [1.54, 1.807) is 24.3 Å². The van der Waals surface area contributed by atoms with Gasteiger partial charge < -0.3 is 28.6 Å². The molecule has 1 atom stereocenters.